The minimum atomic E-state index is 0.250. The fourth-order valence-corrected chi connectivity index (χ4v) is 4.30. The first kappa shape index (κ1) is 24.2. The van der Waals surface area contributed by atoms with Gasteiger partial charge in [-0.1, -0.05) is 51.3 Å². The third kappa shape index (κ3) is 5.39. The van der Waals surface area contributed by atoms with Crippen LogP contribution in [0.1, 0.15) is 29.4 Å². The summed E-state index contributed by atoms with van der Waals surface area (Å²) in [6, 6.07) is 17.1. The van der Waals surface area contributed by atoms with Gasteiger partial charge in [0.1, 0.15) is 18.5 Å². The summed E-state index contributed by atoms with van der Waals surface area (Å²) in [5.74, 6) is 1.61. The third-order valence-corrected chi connectivity index (χ3v) is 6.35. The quantitative estimate of drug-likeness (QED) is 0.234. The lowest BCUT2D eigenvalue weighted by atomic mass is 10.1. The summed E-state index contributed by atoms with van der Waals surface area (Å²) in [6.45, 7) is 4.61. The molecule has 0 aliphatic carbocycles. The maximum absolute atomic E-state index is 9.82. The Hall–Kier alpha value is -2.98. The molecule has 0 bridgehead atoms. The number of aromatic nitrogens is 2. The minimum absolute atomic E-state index is 0.250. The molecule has 0 saturated carbocycles. The first-order valence-electron chi connectivity index (χ1n) is 10.5. The molecular weight excluding hydrogens is 537 g/mol. The number of aryl methyl sites for hydroxylation is 1. The van der Waals surface area contributed by atoms with Crippen LogP contribution in [0.5, 0.6) is 11.5 Å². The number of nitriles is 1. The number of H-pyrrole nitrogens is 1. The monoisotopic (exact) mass is 555 g/mol. The lowest BCUT2D eigenvalue weighted by Gasteiger charge is -2.15. The second-order valence-corrected chi connectivity index (χ2v) is 9.25. The summed E-state index contributed by atoms with van der Waals surface area (Å²) >= 11 is 15.8. The predicted octanol–water partition coefficient (Wildman–Crippen LogP) is 7.98. The number of imidazole rings is 1. The summed E-state index contributed by atoms with van der Waals surface area (Å²) in [5, 5.41) is 10.9. The molecule has 0 fully saturated rings. The van der Waals surface area contributed by atoms with E-state index in [4.69, 9.17) is 32.7 Å². The molecule has 0 aliphatic rings. The van der Waals surface area contributed by atoms with Crippen molar-refractivity contribution in [2.24, 2.45) is 0 Å². The van der Waals surface area contributed by atoms with E-state index in [1.807, 2.05) is 50.2 Å². The van der Waals surface area contributed by atoms with Crippen LogP contribution in [-0.2, 0) is 6.61 Å². The maximum atomic E-state index is 9.82. The largest absolute Gasteiger partial charge is 0.490 e. The lowest BCUT2D eigenvalue weighted by molar-refractivity contribution is 0.269. The average Bonchev–Trinajstić information content (AvgIpc) is 3.22. The van der Waals surface area contributed by atoms with Crippen molar-refractivity contribution >= 4 is 61.8 Å². The van der Waals surface area contributed by atoms with Gasteiger partial charge in [0.25, 0.3) is 0 Å². The van der Waals surface area contributed by atoms with E-state index >= 15 is 0 Å². The first-order valence-corrected chi connectivity index (χ1v) is 12.0. The van der Waals surface area contributed by atoms with Crippen molar-refractivity contribution in [1.82, 2.24) is 9.97 Å². The van der Waals surface area contributed by atoms with Crippen LogP contribution in [0.15, 0.2) is 53.0 Å². The topological polar surface area (TPSA) is 70.9 Å². The Morgan fingerprint density at radius 2 is 1.91 bits per heavy atom. The molecule has 4 aromatic rings. The summed E-state index contributed by atoms with van der Waals surface area (Å²) in [6.07, 6.45) is 1.76. The van der Waals surface area contributed by atoms with Crippen molar-refractivity contribution in [3.63, 3.8) is 0 Å². The fraction of sp³-hybridized carbons (Fsp3) is 0.154. The molecule has 0 atom stereocenters. The predicted molar refractivity (Wildman–Crippen MR) is 140 cm³/mol. The summed E-state index contributed by atoms with van der Waals surface area (Å²) in [7, 11) is 0. The van der Waals surface area contributed by atoms with Crippen LogP contribution in [-0.4, -0.2) is 16.6 Å². The van der Waals surface area contributed by atoms with Crippen molar-refractivity contribution in [3.05, 3.63) is 85.6 Å². The highest BCUT2D eigenvalue weighted by atomic mass is 79.9. The van der Waals surface area contributed by atoms with Crippen LogP contribution in [0.25, 0.3) is 22.7 Å². The van der Waals surface area contributed by atoms with E-state index in [0.29, 0.717) is 39.5 Å². The molecule has 0 spiro atoms. The minimum Gasteiger partial charge on any atom is -0.490 e. The molecule has 0 aliphatic heterocycles. The molecule has 1 N–H and O–H groups in total. The number of rotatable bonds is 7. The van der Waals surface area contributed by atoms with Gasteiger partial charge in [-0.15, -0.1) is 0 Å². The molecule has 0 unspecified atom stereocenters. The Bertz CT molecular complexity index is 1440. The number of hydrogen-bond acceptors (Lipinski definition) is 4. The van der Waals surface area contributed by atoms with Gasteiger partial charge in [0.2, 0.25) is 0 Å². The van der Waals surface area contributed by atoms with E-state index < -0.39 is 0 Å². The number of allylic oxidation sites excluding steroid dienone is 1. The maximum Gasteiger partial charge on any atom is 0.162 e. The smallest absolute Gasteiger partial charge is 0.162 e. The molecular formula is C26H20BrCl2N3O2. The Morgan fingerprint density at radius 1 is 1.12 bits per heavy atom. The van der Waals surface area contributed by atoms with Gasteiger partial charge in [0.15, 0.2) is 11.5 Å². The number of benzene rings is 3. The van der Waals surface area contributed by atoms with Crippen LogP contribution < -0.4 is 9.47 Å². The van der Waals surface area contributed by atoms with Gasteiger partial charge in [-0.3, -0.25) is 0 Å². The molecule has 8 heteroatoms. The van der Waals surface area contributed by atoms with Crippen molar-refractivity contribution in [2.45, 2.75) is 20.5 Å². The van der Waals surface area contributed by atoms with Gasteiger partial charge in [-0.05, 0) is 67.4 Å². The number of aromatic amines is 1. The molecule has 0 amide bonds. The number of halogens is 3. The first-order chi connectivity index (χ1) is 16.4. The zero-order valence-electron chi connectivity index (χ0n) is 18.5. The van der Waals surface area contributed by atoms with Gasteiger partial charge in [0, 0.05) is 20.1 Å². The van der Waals surface area contributed by atoms with E-state index in [0.717, 1.165) is 32.2 Å². The molecule has 3 aromatic carbocycles. The van der Waals surface area contributed by atoms with Crippen molar-refractivity contribution < 1.29 is 9.47 Å². The van der Waals surface area contributed by atoms with Gasteiger partial charge >= 0.3 is 0 Å². The van der Waals surface area contributed by atoms with Crippen LogP contribution >= 0.6 is 39.1 Å². The van der Waals surface area contributed by atoms with Gasteiger partial charge < -0.3 is 14.5 Å². The van der Waals surface area contributed by atoms with E-state index in [1.165, 1.54) is 0 Å². The van der Waals surface area contributed by atoms with Crippen molar-refractivity contribution in [3.8, 4) is 17.6 Å². The second-order valence-electron chi connectivity index (χ2n) is 7.55. The Balaban J connectivity index is 1.66. The molecule has 0 saturated heterocycles. The Kier molecular flexibility index (Phi) is 7.47. The Morgan fingerprint density at radius 3 is 2.65 bits per heavy atom. The SMILES string of the molecule is CCOc1cc(/C=C(/C#N)c2nc3ccc(C)cc3[nH]2)c(Br)cc1OCc1ccc(Cl)cc1Cl. The summed E-state index contributed by atoms with van der Waals surface area (Å²) in [5.41, 5.74) is 4.77. The van der Waals surface area contributed by atoms with Crippen molar-refractivity contribution in [2.75, 3.05) is 6.61 Å². The van der Waals surface area contributed by atoms with Crippen molar-refractivity contribution in [1.29, 1.82) is 5.26 Å². The highest BCUT2D eigenvalue weighted by Crippen LogP contribution is 2.36. The van der Waals surface area contributed by atoms with Gasteiger partial charge in [0.05, 0.1) is 23.2 Å². The van der Waals surface area contributed by atoms with E-state index in [2.05, 4.69) is 32.0 Å². The van der Waals surface area contributed by atoms with Gasteiger partial charge in [-0.25, -0.2) is 4.98 Å². The Labute approximate surface area is 216 Å². The van der Waals surface area contributed by atoms with E-state index in [1.54, 1.807) is 18.2 Å². The van der Waals surface area contributed by atoms with Gasteiger partial charge in [-0.2, -0.15) is 5.26 Å². The summed E-state index contributed by atoms with van der Waals surface area (Å²) < 4.78 is 12.6. The fourth-order valence-electron chi connectivity index (χ4n) is 3.40. The number of nitrogens with zero attached hydrogens (tertiary/aromatic N) is 2. The molecule has 5 nitrogen and oxygen atoms in total. The molecule has 1 aromatic heterocycles. The third-order valence-electron chi connectivity index (χ3n) is 5.07. The zero-order valence-corrected chi connectivity index (χ0v) is 21.6. The molecule has 0 radical (unpaired) electrons. The zero-order chi connectivity index (χ0) is 24.2. The van der Waals surface area contributed by atoms with Crippen LogP contribution in [0.2, 0.25) is 10.0 Å². The van der Waals surface area contributed by atoms with E-state index in [-0.39, 0.29) is 6.61 Å². The van der Waals surface area contributed by atoms with Crippen LogP contribution in [0, 0.1) is 18.3 Å². The number of ether oxygens (including phenoxy) is 2. The molecule has 4 rings (SSSR count). The number of hydrogen-bond donors (Lipinski definition) is 1. The van der Waals surface area contributed by atoms with Crippen LogP contribution in [0.3, 0.4) is 0 Å². The van der Waals surface area contributed by atoms with E-state index in [9.17, 15) is 5.26 Å². The highest BCUT2D eigenvalue weighted by Gasteiger charge is 2.14. The summed E-state index contributed by atoms with van der Waals surface area (Å²) in [4.78, 5) is 7.80. The second kappa shape index (κ2) is 10.5. The standard InChI is InChI=1S/C26H20BrCl2N3O2/c1-3-33-24-10-17(9-18(13-30)26-31-22-7-4-15(2)8-23(22)32-26)20(27)12-25(24)34-14-16-5-6-19(28)11-21(16)29/h4-12H,3,14H2,1-2H3,(H,31,32)/b18-9-. The highest BCUT2D eigenvalue weighted by molar-refractivity contribution is 9.10. The number of fused-ring (bicyclic) bond motifs is 1. The lowest BCUT2D eigenvalue weighted by Crippen LogP contribution is -2.01. The molecule has 1 heterocycles. The number of nitrogens with one attached hydrogen (secondary N) is 1. The molecule has 172 valence electrons. The average molecular weight is 557 g/mol. The van der Waals surface area contributed by atoms with Crippen LogP contribution in [0.4, 0.5) is 0 Å². The molecule has 34 heavy (non-hydrogen) atoms. The normalized spacial score (nSPS) is 11.5.